The van der Waals surface area contributed by atoms with Crippen LogP contribution in [0.2, 0.25) is 0 Å². The Hall–Kier alpha value is -0.520. The maximum Gasteiger partial charge on any atom is 0.131 e. The number of aliphatic hydroxyl groups is 2. The van der Waals surface area contributed by atoms with Crippen LogP contribution in [0, 0.1) is 35.5 Å². The molecule has 82 valence electrons. The van der Waals surface area contributed by atoms with Crippen molar-refractivity contribution in [3.63, 3.8) is 0 Å². The molecule has 2 nitrogen and oxygen atoms in total. The first-order valence-electron chi connectivity index (χ1n) is 6.05. The van der Waals surface area contributed by atoms with Gasteiger partial charge in [0.15, 0.2) is 0 Å². The molecule has 0 radical (unpaired) electrons. The highest BCUT2D eigenvalue weighted by atomic mass is 16.3. The fourth-order valence-electron chi connectivity index (χ4n) is 4.29. The maximum absolute atomic E-state index is 10.6. The molecule has 0 amide bonds. The molecule has 2 heteroatoms. The Morgan fingerprint density at radius 2 is 1.53 bits per heavy atom. The van der Waals surface area contributed by atoms with Gasteiger partial charge < -0.3 is 10.2 Å². The van der Waals surface area contributed by atoms with Crippen LogP contribution in [-0.4, -0.2) is 22.4 Å². The minimum Gasteiger partial charge on any atom is -0.384 e. The van der Waals surface area contributed by atoms with Crippen molar-refractivity contribution in [3.05, 3.63) is 0 Å². The number of hydrogen-bond donors (Lipinski definition) is 2. The van der Waals surface area contributed by atoms with E-state index in [0.29, 0.717) is 11.8 Å². The minimum atomic E-state index is -0.768. The van der Waals surface area contributed by atoms with Crippen LogP contribution in [-0.2, 0) is 0 Å². The van der Waals surface area contributed by atoms with Crippen LogP contribution in [0.3, 0.4) is 0 Å². The molecule has 4 fully saturated rings. The molecule has 0 atom stereocenters. The van der Waals surface area contributed by atoms with Gasteiger partial charge in [-0.25, -0.2) is 0 Å². The molecule has 4 saturated carbocycles. The lowest BCUT2D eigenvalue weighted by Crippen LogP contribution is -2.56. The lowest BCUT2D eigenvalue weighted by atomic mass is 9.50. The van der Waals surface area contributed by atoms with Gasteiger partial charge in [-0.3, -0.25) is 0 Å². The van der Waals surface area contributed by atoms with E-state index in [1.165, 1.54) is 6.42 Å². The Bertz CT molecular complexity index is 295. The predicted molar refractivity (Wildman–Crippen MR) is 56.9 cm³/mol. The van der Waals surface area contributed by atoms with Crippen LogP contribution < -0.4 is 0 Å². The Morgan fingerprint density at radius 3 is 2.00 bits per heavy atom. The van der Waals surface area contributed by atoms with Crippen molar-refractivity contribution in [1.29, 1.82) is 0 Å². The molecule has 0 spiro atoms. The molecule has 4 aliphatic carbocycles. The van der Waals surface area contributed by atoms with E-state index in [-0.39, 0.29) is 6.61 Å². The molecule has 0 aliphatic heterocycles. The van der Waals surface area contributed by atoms with Gasteiger partial charge in [0, 0.05) is 0 Å². The summed E-state index contributed by atoms with van der Waals surface area (Å²) in [6.45, 7) is -0.130. The quantitative estimate of drug-likeness (QED) is 0.584. The van der Waals surface area contributed by atoms with Gasteiger partial charge in [0.25, 0.3) is 0 Å². The van der Waals surface area contributed by atoms with Gasteiger partial charge in [0.2, 0.25) is 0 Å². The van der Waals surface area contributed by atoms with E-state index in [2.05, 4.69) is 11.8 Å². The monoisotopic (exact) mass is 206 g/mol. The Balaban J connectivity index is 1.91. The van der Waals surface area contributed by atoms with Crippen LogP contribution in [0.25, 0.3) is 0 Å². The summed E-state index contributed by atoms with van der Waals surface area (Å²) in [6, 6.07) is 0. The molecule has 0 aromatic carbocycles. The lowest BCUT2D eigenvalue weighted by molar-refractivity contribution is -0.136. The summed E-state index contributed by atoms with van der Waals surface area (Å²) in [4.78, 5) is 0. The topological polar surface area (TPSA) is 40.5 Å². The van der Waals surface area contributed by atoms with E-state index in [1.54, 1.807) is 0 Å². The first kappa shape index (κ1) is 9.69. The average molecular weight is 206 g/mol. The smallest absolute Gasteiger partial charge is 0.131 e. The molecule has 2 N–H and O–H groups in total. The van der Waals surface area contributed by atoms with Gasteiger partial charge in [-0.2, -0.15) is 0 Å². The molecule has 0 aromatic rings. The van der Waals surface area contributed by atoms with Crippen molar-refractivity contribution in [2.45, 2.75) is 37.7 Å². The third-order valence-electron chi connectivity index (χ3n) is 4.75. The summed E-state index contributed by atoms with van der Waals surface area (Å²) in [6.07, 6.45) is 6.01. The van der Waals surface area contributed by atoms with Crippen molar-refractivity contribution in [2.75, 3.05) is 6.61 Å². The predicted octanol–water partition coefficient (Wildman–Crippen LogP) is 1.17. The standard InChI is InChI=1S/C13H18O2/c14-3-1-2-13(15)11-5-9-4-10(7-11)8-12(13)6-9/h9-12,14-15H,3-8H2. The molecule has 0 heterocycles. The third kappa shape index (κ3) is 1.33. The molecule has 4 aliphatic rings. The second-order valence-corrected chi connectivity index (χ2v) is 5.59. The summed E-state index contributed by atoms with van der Waals surface area (Å²) in [5.74, 6) is 8.08. The summed E-state index contributed by atoms with van der Waals surface area (Å²) in [7, 11) is 0. The van der Waals surface area contributed by atoms with E-state index < -0.39 is 5.60 Å². The Labute approximate surface area is 90.7 Å². The van der Waals surface area contributed by atoms with E-state index in [0.717, 1.165) is 37.5 Å². The molecular weight excluding hydrogens is 188 g/mol. The van der Waals surface area contributed by atoms with Crippen LogP contribution in [0.5, 0.6) is 0 Å². The molecule has 0 unspecified atom stereocenters. The van der Waals surface area contributed by atoms with Crippen molar-refractivity contribution >= 4 is 0 Å². The second kappa shape index (κ2) is 3.23. The van der Waals surface area contributed by atoms with Crippen LogP contribution >= 0.6 is 0 Å². The van der Waals surface area contributed by atoms with Crippen molar-refractivity contribution in [2.24, 2.45) is 23.7 Å². The highest BCUT2D eigenvalue weighted by Crippen LogP contribution is 2.57. The highest BCUT2D eigenvalue weighted by molar-refractivity contribution is 5.23. The SMILES string of the molecule is OCC#CC1(O)C2CC3CC(C2)CC1C3. The number of hydrogen-bond acceptors (Lipinski definition) is 2. The fourth-order valence-corrected chi connectivity index (χ4v) is 4.29. The first-order valence-corrected chi connectivity index (χ1v) is 6.05. The largest absolute Gasteiger partial charge is 0.384 e. The van der Waals surface area contributed by atoms with E-state index in [9.17, 15) is 5.11 Å². The van der Waals surface area contributed by atoms with Gasteiger partial charge >= 0.3 is 0 Å². The van der Waals surface area contributed by atoms with Crippen LogP contribution in [0.1, 0.15) is 32.1 Å². The zero-order valence-electron chi connectivity index (χ0n) is 8.95. The van der Waals surface area contributed by atoms with E-state index >= 15 is 0 Å². The van der Waals surface area contributed by atoms with E-state index in [1.807, 2.05) is 0 Å². The number of aliphatic hydroxyl groups excluding tert-OH is 1. The van der Waals surface area contributed by atoms with Gasteiger partial charge in [-0.15, -0.1) is 0 Å². The summed E-state index contributed by atoms with van der Waals surface area (Å²) in [5.41, 5.74) is -0.768. The maximum atomic E-state index is 10.6. The third-order valence-corrected chi connectivity index (χ3v) is 4.75. The van der Waals surface area contributed by atoms with Crippen molar-refractivity contribution < 1.29 is 10.2 Å². The van der Waals surface area contributed by atoms with Gasteiger partial charge in [-0.05, 0) is 55.8 Å². The van der Waals surface area contributed by atoms with Crippen molar-refractivity contribution in [1.82, 2.24) is 0 Å². The average Bonchev–Trinajstić information content (AvgIpc) is 2.22. The Morgan fingerprint density at radius 1 is 1.00 bits per heavy atom. The van der Waals surface area contributed by atoms with Gasteiger partial charge in [0.05, 0.1) is 0 Å². The zero-order chi connectivity index (χ0) is 10.5. The zero-order valence-corrected chi connectivity index (χ0v) is 8.95. The molecule has 4 bridgehead atoms. The lowest BCUT2D eigenvalue weighted by Gasteiger charge is -2.56. The van der Waals surface area contributed by atoms with Gasteiger partial charge in [-0.1, -0.05) is 11.8 Å². The Kier molecular flexibility index (Phi) is 2.09. The first-order chi connectivity index (χ1) is 7.22. The summed E-state index contributed by atoms with van der Waals surface area (Å²) in [5, 5.41) is 19.4. The molecule has 4 rings (SSSR count). The number of rotatable bonds is 0. The molecule has 0 aromatic heterocycles. The fraction of sp³-hybridized carbons (Fsp3) is 0.846. The molecule has 15 heavy (non-hydrogen) atoms. The molecule has 0 saturated heterocycles. The second-order valence-electron chi connectivity index (χ2n) is 5.59. The van der Waals surface area contributed by atoms with Crippen LogP contribution in [0.15, 0.2) is 0 Å². The highest BCUT2D eigenvalue weighted by Gasteiger charge is 2.55. The summed E-state index contributed by atoms with van der Waals surface area (Å²) >= 11 is 0. The van der Waals surface area contributed by atoms with Crippen molar-refractivity contribution in [3.8, 4) is 11.8 Å². The normalized spacial score (nSPS) is 51.3. The minimum absolute atomic E-state index is 0.130. The molecular formula is C13H18O2. The summed E-state index contributed by atoms with van der Waals surface area (Å²) < 4.78 is 0. The van der Waals surface area contributed by atoms with E-state index in [4.69, 9.17) is 5.11 Å². The van der Waals surface area contributed by atoms with Gasteiger partial charge in [0.1, 0.15) is 12.2 Å². The van der Waals surface area contributed by atoms with Crippen LogP contribution in [0.4, 0.5) is 0 Å².